The predicted molar refractivity (Wildman–Crippen MR) is 104 cm³/mol. The highest BCUT2D eigenvalue weighted by atomic mass is 16.2. The maximum Gasteiger partial charge on any atom is 0.329 e. The molecule has 0 aliphatic carbocycles. The van der Waals surface area contributed by atoms with E-state index in [1.807, 2.05) is 20.8 Å². The van der Waals surface area contributed by atoms with Gasteiger partial charge in [0.2, 0.25) is 0 Å². The van der Waals surface area contributed by atoms with Gasteiger partial charge in [0.1, 0.15) is 0 Å². The fraction of sp³-hybridized carbons (Fsp3) is 0.579. The van der Waals surface area contributed by atoms with Crippen LogP contribution in [0, 0.1) is 0 Å². The second kappa shape index (κ2) is 7.64. The molecular formula is C19H27N5O3. The Balaban J connectivity index is 2.27. The Kier molecular flexibility index (Phi) is 5.46. The summed E-state index contributed by atoms with van der Waals surface area (Å²) in [5.41, 5.74) is 0.238. The SMILES string of the molecule is CCCn1c(=O)[nH]c(=O)c2c(C(=O)N(C)C3CCNC3)cc(C(C)C)nc21. The molecule has 146 valence electrons. The Hall–Kier alpha value is -2.48. The van der Waals surface area contributed by atoms with Crippen LogP contribution in [0.5, 0.6) is 0 Å². The van der Waals surface area contributed by atoms with E-state index in [4.69, 9.17) is 0 Å². The fourth-order valence-corrected chi connectivity index (χ4v) is 3.51. The minimum absolute atomic E-state index is 0.0591. The summed E-state index contributed by atoms with van der Waals surface area (Å²) in [5.74, 6) is -0.158. The molecule has 2 N–H and O–H groups in total. The van der Waals surface area contributed by atoms with Crippen molar-refractivity contribution < 1.29 is 4.79 Å². The number of amides is 1. The molecule has 1 saturated heterocycles. The summed E-state index contributed by atoms with van der Waals surface area (Å²) >= 11 is 0. The number of likely N-dealkylation sites (N-methyl/N-ethyl adjacent to an activating group) is 1. The van der Waals surface area contributed by atoms with Crippen molar-refractivity contribution in [2.45, 2.75) is 52.1 Å². The van der Waals surface area contributed by atoms with E-state index in [1.165, 1.54) is 4.57 Å². The van der Waals surface area contributed by atoms with Gasteiger partial charge in [0.05, 0.1) is 10.9 Å². The topological polar surface area (TPSA) is 100 Å². The Morgan fingerprint density at radius 1 is 1.41 bits per heavy atom. The van der Waals surface area contributed by atoms with E-state index in [2.05, 4.69) is 15.3 Å². The minimum atomic E-state index is -0.563. The number of hydrogen-bond donors (Lipinski definition) is 2. The molecule has 0 aromatic carbocycles. The highest BCUT2D eigenvalue weighted by Crippen LogP contribution is 2.22. The number of carbonyl (C=O) groups is 1. The van der Waals surface area contributed by atoms with Crippen molar-refractivity contribution >= 4 is 16.9 Å². The molecule has 1 amide bonds. The van der Waals surface area contributed by atoms with Crippen LogP contribution in [-0.4, -0.2) is 51.5 Å². The number of hydrogen-bond acceptors (Lipinski definition) is 5. The normalized spacial score (nSPS) is 17.0. The van der Waals surface area contributed by atoms with Crippen LogP contribution in [0.3, 0.4) is 0 Å². The zero-order valence-corrected chi connectivity index (χ0v) is 16.3. The molecule has 2 aromatic rings. The molecule has 1 aliphatic heterocycles. The van der Waals surface area contributed by atoms with E-state index in [0.717, 1.165) is 19.5 Å². The molecule has 27 heavy (non-hydrogen) atoms. The lowest BCUT2D eigenvalue weighted by molar-refractivity contribution is 0.0745. The molecule has 8 heteroatoms. The average molecular weight is 373 g/mol. The molecule has 8 nitrogen and oxygen atoms in total. The minimum Gasteiger partial charge on any atom is -0.337 e. The van der Waals surface area contributed by atoms with Crippen molar-refractivity contribution in [1.29, 1.82) is 0 Å². The molecule has 1 fully saturated rings. The number of aromatic amines is 1. The zero-order valence-electron chi connectivity index (χ0n) is 16.3. The van der Waals surface area contributed by atoms with Gasteiger partial charge in [-0.2, -0.15) is 0 Å². The molecule has 0 saturated carbocycles. The van der Waals surface area contributed by atoms with Gasteiger partial charge in [-0.15, -0.1) is 0 Å². The number of aromatic nitrogens is 3. The summed E-state index contributed by atoms with van der Waals surface area (Å²) in [6.45, 7) is 7.93. The zero-order chi connectivity index (χ0) is 19.7. The van der Waals surface area contributed by atoms with Crippen molar-refractivity contribution in [3.63, 3.8) is 0 Å². The van der Waals surface area contributed by atoms with Crippen LogP contribution in [0.25, 0.3) is 11.0 Å². The van der Waals surface area contributed by atoms with Crippen LogP contribution < -0.4 is 16.6 Å². The summed E-state index contributed by atoms with van der Waals surface area (Å²) in [4.78, 5) is 46.8. The van der Waals surface area contributed by atoms with Gasteiger partial charge in [-0.3, -0.25) is 19.1 Å². The fourth-order valence-electron chi connectivity index (χ4n) is 3.51. The highest BCUT2D eigenvalue weighted by Gasteiger charge is 2.27. The molecule has 0 radical (unpaired) electrons. The number of pyridine rings is 1. The largest absolute Gasteiger partial charge is 0.337 e. The second-order valence-electron chi connectivity index (χ2n) is 7.42. The van der Waals surface area contributed by atoms with Gasteiger partial charge < -0.3 is 10.2 Å². The number of nitrogens with zero attached hydrogens (tertiary/aromatic N) is 3. The van der Waals surface area contributed by atoms with Gasteiger partial charge in [-0.05, 0) is 31.4 Å². The third-order valence-electron chi connectivity index (χ3n) is 5.14. The lowest BCUT2D eigenvalue weighted by Crippen LogP contribution is -2.39. The van der Waals surface area contributed by atoms with Crippen molar-refractivity contribution in [2.75, 3.05) is 20.1 Å². The van der Waals surface area contributed by atoms with Crippen LogP contribution in [0.15, 0.2) is 15.7 Å². The van der Waals surface area contributed by atoms with Crippen LogP contribution >= 0.6 is 0 Å². The average Bonchev–Trinajstić information content (AvgIpc) is 3.17. The van der Waals surface area contributed by atoms with E-state index in [9.17, 15) is 14.4 Å². The summed E-state index contributed by atoms with van der Waals surface area (Å²) in [5, 5.41) is 3.44. The third-order valence-corrected chi connectivity index (χ3v) is 5.14. The second-order valence-corrected chi connectivity index (χ2v) is 7.42. The monoisotopic (exact) mass is 373 g/mol. The Bertz CT molecular complexity index is 970. The smallest absolute Gasteiger partial charge is 0.329 e. The summed E-state index contributed by atoms with van der Waals surface area (Å²) in [6.07, 6.45) is 1.59. The van der Waals surface area contributed by atoms with Crippen LogP contribution in [0.2, 0.25) is 0 Å². The van der Waals surface area contributed by atoms with Crippen LogP contribution in [0.4, 0.5) is 0 Å². The first-order valence-corrected chi connectivity index (χ1v) is 9.50. The lowest BCUT2D eigenvalue weighted by atomic mass is 10.0. The molecule has 0 bridgehead atoms. The van der Waals surface area contributed by atoms with Crippen molar-refractivity contribution in [2.24, 2.45) is 0 Å². The lowest BCUT2D eigenvalue weighted by Gasteiger charge is -2.25. The van der Waals surface area contributed by atoms with Gasteiger partial charge in [0.15, 0.2) is 5.65 Å². The van der Waals surface area contributed by atoms with E-state index in [0.29, 0.717) is 24.2 Å². The standard InChI is InChI=1S/C19H27N5O3/c1-5-8-24-16-15(17(25)22-19(24)27)13(9-14(21-16)11(2)3)18(26)23(4)12-6-7-20-10-12/h9,11-12,20H,5-8,10H2,1-4H3,(H,22,25,27). The molecule has 1 unspecified atom stereocenters. The molecule has 3 rings (SSSR count). The first-order chi connectivity index (χ1) is 12.8. The van der Waals surface area contributed by atoms with Crippen LogP contribution in [-0.2, 0) is 6.54 Å². The number of H-pyrrole nitrogens is 1. The van der Waals surface area contributed by atoms with E-state index >= 15 is 0 Å². The third kappa shape index (κ3) is 3.53. The van der Waals surface area contributed by atoms with Crippen molar-refractivity contribution in [3.05, 3.63) is 38.2 Å². The first-order valence-electron chi connectivity index (χ1n) is 9.50. The number of nitrogens with one attached hydrogen (secondary N) is 2. The Labute approximate surface area is 157 Å². The maximum atomic E-state index is 13.3. The maximum absolute atomic E-state index is 13.3. The Morgan fingerprint density at radius 3 is 2.74 bits per heavy atom. The van der Waals surface area contributed by atoms with Gasteiger partial charge in [0.25, 0.3) is 11.5 Å². The number of aryl methyl sites for hydroxylation is 1. The molecular weight excluding hydrogens is 346 g/mol. The number of fused-ring (bicyclic) bond motifs is 1. The first kappa shape index (κ1) is 19.3. The van der Waals surface area contributed by atoms with Crippen LogP contribution in [0.1, 0.15) is 55.6 Å². The molecule has 1 atom stereocenters. The summed E-state index contributed by atoms with van der Waals surface area (Å²) in [6, 6.07) is 1.79. The number of rotatable bonds is 5. The summed E-state index contributed by atoms with van der Waals surface area (Å²) in [7, 11) is 1.76. The van der Waals surface area contributed by atoms with E-state index in [1.54, 1.807) is 18.0 Å². The van der Waals surface area contributed by atoms with Crippen molar-refractivity contribution in [1.82, 2.24) is 24.8 Å². The van der Waals surface area contributed by atoms with Gasteiger partial charge in [0, 0.05) is 31.9 Å². The van der Waals surface area contributed by atoms with E-state index < -0.39 is 11.2 Å². The van der Waals surface area contributed by atoms with Gasteiger partial charge >= 0.3 is 5.69 Å². The molecule has 0 spiro atoms. The number of carbonyl (C=O) groups excluding carboxylic acids is 1. The molecule has 3 heterocycles. The quantitative estimate of drug-likeness (QED) is 0.816. The van der Waals surface area contributed by atoms with E-state index in [-0.39, 0.29) is 28.9 Å². The highest BCUT2D eigenvalue weighted by molar-refractivity contribution is 6.05. The molecule has 1 aliphatic rings. The van der Waals surface area contributed by atoms with Gasteiger partial charge in [-0.25, -0.2) is 9.78 Å². The predicted octanol–water partition coefficient (Wildman–Crippen LogP) is 1.05. The summed E-state index contributed by atoms with van der Waals surface area (Å²) < 4.78 is 1.45. The van der Waals surface area contributed by atoms with Crippen molar-refractivity contribution in [3.8, 4) is 0 Å². The Morgan fingerprint density at radius 2 is 2.15 bits per heavy atom. The molecule has 2 aromatic heterocycles. The van der Waals surface area contributed by atoms with Gasteiger partial charge in [-0.1, -0.05) is 20.8 Å².